The van der Waals surface area contributed by atoms with E-state index < -0.39 is 0 Å². The summed E-state index contributed by atoms with van der Waals surface area (Å²) in [4.78, 5) is 11.5. The molecule has 0 aliphatic rings. The molecule has 21 heavy (non-hydrogen) atoms. The quantitative estimate of drug-likeness (QED) is 0.778. The first-order chi connectivity index (χ1) is 9.82. The van der Waals surface area contributed by atoms with Crippen molar-refractivity contribution in [1.29, 1.82) is 0 Å². The highest BCUT2D eigenvalue weighted by Crippen LogP contribution is 2.32. The monoisotopic (exact) mass is 291 g/mol. The average molecular weight is 291 g/mol. The normalized spacial score (nSPS) is 13.0. The largest absolute Gasteiger partial charge is 0.469 e. The van der Waals surface area contributed by atoms with Gasteiger partial charge in [-0.2, -0.15) is 0 Å². The summed E-state index contributed by atoms with van der Waals surface area (Å²) in [6.07, 6.45) is 3.23. The molecule has 0 bridgehead atoms. The number of carbonyl (C=O) groups is 1. The molecule has 0 spiro atoms. The van der Waals surface area contributed by atoms with Gasteiger partial charge in [-0.05, 0) is 41.4 Å². The van der Waals surface area contributed by atoms with Gasteiger partial charge in [-0.15, -0.1) is 0 Å². The Morgan fingerprint density at radius 2 is 1.86 bits per heavy atom. The van der Waals surface area contributed by atoms with Gasteiger partial charge in [0, 0.05) is 6.04 Å². The Morgan fingerprint density at radius 3 is 2.38 bits per heavy atom. The second-order valence-corrected chi connectivity index (χ2v) is 6.46. The Labute approximate surface area is 128 Å². The summed E-state index contributed by atoms with van der Waals surface area (Å²) in [6, 6.07) is 6.47. The molecular formula is C18H29NO2. The molecule has 1 aromatic rings. The van der Waals surface area contributed by atoms with Crippen molar-refractivity contribution in [2.24, 2.45) is 11.1 Å². The fraction of sp³-hybridized carbons (Fsp3) is 0.611. The van der Waals surface area contributed by atoms with Crippen molar-refractivity contribution in [3.05, 3.63) is 34.9 Å². The van der Waals surface area contributed by atoms with E-state index in [0.717, 1.165) is 24.8 Å². The minimum absolute atomic E-state index is 0.0548. The average Bonchev–Trinajstić information content (AvgIpc) is 2.45. The van der Waals surface area contributed by atoms with E-state index in [0.29, 0.717) is 6.42 Å². The maximum Gasteiger partial charge on any atom is 0.306 e. The van der Waals surface area contributed by atoms with Crippen LogP contribution in [-0.2, 0) is 22.4 Å². The van der Waals surface area contributed by atoms with Crippen LogP contribution in [-0.4, -0.2) is 13.1 Å². The predicted molar refractivity (Wildman–Crippen MR) is 87.2 cm³/mol. The second kappa shape index (κ2) is 7.60. The zero-order chi connectivity index (χ0) is 16.0. The topological polar surface area (TPSA) is 52.3 Å². The Morgan fingerprint density at radius 1 is 1.24 bits per heavy atom. The number of nitrogens with two attached hydrogens (primary N) is 1. The van der Waals surface area contributed by atoms with E-state index in [9.17, 15) is 4.79 Å². The molecule has 1 aromatic carbocycles. The maximum absolute atomic E-state index is 11.5. The fourth-order valence-corrected chi connectivity index (χ4v) is 2.80. The van der Waals surface area contributed by atoms with Crippen LogP contribution in [0, 0.1) is 5.41 Å². The molecule has 1 rings (SSSR count). The number of carbonyl (C=O) groups excluding carboxylic acids is 1. The molecule has 1 atom stereocenters. The molecule has 0 aromatic heterocycles. The summed E-state index contributed by atoms with van der Waals surface area (Å²) >= 11 is 0. The Hall–Kier alpha value is -1.35. The van der Waals surface area contributed by atoms with Gasteiger partial charge in [0.15, 0.2) is 0 Å². The zero-order valence-corrected chi connectivity index (χ0v) is 14.0. The SMILES string of the molecule is CCc1ccc(C(N)CC(C)(C)CC(=O)OC)cc1CC. The third-order valence-corrected chi connectivity index (χ3v) is 4.04. The second-order valence-electron chi connectivity index (χ2n) is 6.46. The molecule has 0 saturated carbocycles. The molecule has 0 fully saturated rings. The molecule has 3 heteroatoms. The van der Waals surface area contributed by atoms with Crippen LogP contribution in [0.4, 0.5) is 0 Å². The van der Waals surface area contributed by atoms with Gasteiger partial charge in [0.25, 0.3) is 0 Å². The number of aryl methyl sites for hydroxylation is 2. The number of methoxy groups -OCH3 is 1. The highest BCUT2D eigenvalue weighted by atomic mass is 16.5. The lowest BCUT2D eigenvalue weighted by Gasteiger charge is -2.27. The molecule has 0 aliphatic carbocycles. The van der Waals surface area contributed by atoms with Crippen LogP contribution in [0.25, 0.3) is 0 Å². The van der Waals surface area contributed by atoms with E-state index in [1.54, 1.807) is 0 Å². The lowest BCUT2D eigenvalue weighted by atomic mass is 9.80. The summed E-state index contributed by atoms with van der Waals surface area (Å²) in [7, 11) is 1.43. The van der Waals surface area contributed by atoms with Crippen molar-refractivity contribution in [2.75, 3.05) is 7.11 Å². The first kappa shape index (κ1) is 17.7. The van der Waals surface area contributed by atoms with Gasteiger partial charge in [-0.1, -0.05) is 45.9 Å². The van der Waals surface area contributed by atoms with Crippen LogP contribution in [0.1, 0.15) is 63.3 Å². The van der Waals surface area contributed by atoms with Gasteiger partial charge in [0.2, 0.25) is 0 Å². The lowest BCUT2D eigenvalue weighted by molar-refractivity contribution is -0.143. The summed E-state index contributed by atoms with van der Waals surface area (Å²) < 4.78 is 4.76. The molecule has 2 N–H and O–H groups in total. The third kappa shape index (κ3) is 5.16. The summed E-state index contributed by atoms with van der Waals surface area (Å²) in [5.74, 6) is -0.178. The zero-order valence-electron chi connectivity index (χ0n) is 14.0. The van der Waals surface area contributed by atoms with Crippen LogP contribution >= 0.6 is 0 Å². The first-order valence-electron chi connectivity index (χ1n) is 7.77. The standard InChI is InChI=1S/C18H29NO2/c1-6-13-8-9-15(10-14(13)7-2)16(19)11-18(3,4)12-17(20)21-5/h8-10,16H,6-7,11-12,19H2,1-5H3. The smallest absolute Gasteiger partial charge is 0.306 e. The third-order valence-electron chi connectivity index (χ3n) is 4.04. The van der Waals surface area contributed by atoms with Gasteiger partial charge in [-0.25, -0.2) is 0 Å². The molecule has 0 aliphatic heterocycles. The van der Waals surface area contributed by atoms with E-state index in [2.05, 4.69) is 45.9 Å². The highest BCUT2D eigenvalue weighted by Gasteiger charge is 2.26. The van der Waals surface area contributed by atoms with Crippen molar-refractivity contribution >= 4 is 5.97 Å². The van der Waals surface area contributed by atoms with Gasteiger partial charge < -0.3 is 10.5 Å². The fourth-order valence-electron chi connectivity index (χ4n) is 2.80. The van der Waals surface area contributed by atoms with Crippen molar-refractivity contribution in [2.45, 2.75) is 59.4 Å². The van der Waals surface area contributed by atoms with Crippen molar-refractivity contribution in [1.82, 2.24) is 0 Å². The molecule has 3 nitrogen and oxygen atoms in total. The van der Waals surface area contributed by atoms with E-state index in [-0.39, 0.29) is 17.4 Å². The maximum atomic E-state index is 11.5. The van der Waals surface area contributed by atoms with Crippen molar-refractivity contribution < 1.29 is 9.53 Å². The number of ether oxygens (including phenoxy) is 1. The van der Waals surface area contributed by atoms with E-state index in [1.165, 1.54) is 18.2 Å². The Balaban J connectivity index is 2.83. The molecule has 118 valence electrons. The Bertz CT molecular complexity index is 480. The number of hydrogen-bond donors (Lipinski definition) is 1. The number of esters is 1. The van der Waals surface area contributed by atoms with Crippen LogP contribution < -0.4 is 5.73 Å². The predicted octanol–water partition coefficient (Wildman–Crippen LogP) is 3.79. The van der Waals surface area contributed by atoms with Gasteiger partial charge in [0.1, 0.15) is 0 Å². The molecular weight excluding hydrogens is 262 g/mol. The number of benzene rings is 1. The van der Waals surface area contributed by atoms with E-state index >= 15 is 0 Å². The highest BCUT2D eigenvalue weighted by molar-refractivity contribution is 5.69. The molecule has 0 amide bonds. The van der Waals surface area contributed by atoms with Crippen LogP contribution in [0.15, 0.2) is 18.2 Å². The van der Waals surface area contributed by atoms with Crippen molar-refractivity contribution in [3.63, 3.8) is 0 Å². The first-order valence-corrected chi connectivity index (χ1v) is 7.77. The van der Waals surface area contributed by atoms with Gasteiger partial charge in [0.05, 0.1) is 13.5 Å². The minimum Gasteiger partial charge on any atom is -0.469 e. The summed E-state index contributed by atoms with van der Waals surface area (Å²) in [5.41, 5.74) is 10.1. The Kier molecular flexibility index (Phi) is 6.41. The molecule has 0 heterocycles. The van der Waals surface area contributed by atoms with Crippen LogP contribution in [0.2, 0.25) is 0 Å². The summed E-state index contributed by atoms with van der Waals surface area (Å²) in [6.45, 7) is 8.47. The number of hydrogen-bond acceptors (Lipinski definition) is 3. The van der Waals surface area contributed by atoms with Crippen LogP contribution in [0.3, 0.4) is 0 Å². The minimum atomic E-state index is -0.178. The molecule has 0 saturated heterocycles. The molecule has 0 radical (unpaired) electrons. The van der Waals surface area contributed by atoms with E-state index in [4.69, 9.17) is 10.5 Å². The summed E-state index contributed by atoms with van der Waals surface area (Å²) in [5, 5.41) is 0. The van der Waals surface area contributed by atoms with E-state index in [1.807, 2.05) is 0 Å². The van der Waals surface area contributed by atoms with Crippen molar-refractivity contribution in [3.8, 4) is 0 Å². The number of rotatable bonds is 7. The lowest BCUT2D eigenvalue weighted by Crippen LogP contribution is -2.24. The van der Waals surface area contributed by atoms with Gasteiger partial charge in [-0.3, -0.25) is 4.79 Å². The molecule has 1 unspecified atom stereocenters. The van der Waals surface area contributed by atoms with Gasteiger partial charge >= 0.3 is 5.97 Å². The van der Waals surface area contributed by atoms with Crippen LogP contribution in [0.5, 0.6) is 0 Å².